The van der Waals surface area contributed by atoms with Crippen LogP contribution in [0.1, 0.15) is 45.6 Å². The van der Waals surface area contributed by atoms with E-state index >= 15 is 0 Å². The summed E-state index contributed by atoms with van der Waals surface area (Å²) < 4.78 is 0. The van der Waals surface area contributed by atoms with Gasteiger partial charge < -0.3 is 21.3 Å². The van der Waals surface area contributed by atoms with E-state index in [0.29, 0.717) is 25.6 Å². The molecule has 1 aromatic rings. The SMILES string of the molecule is Cc1cccc(NC(=O)N2CCCC(C(=O)NC(C)(CN)CC(C)C)C2)c1.Cl. The number of nitrogens with one attached hydrogen (secondary N) is 2. The number of likely N-dealkylation sites (tertiary alicyclic amines) is 1. The van der Waals surface area contributed by atoms with Crippen molar-refractivity contribution in [1.29, 1.82) is 0 Å². The van der Waals surface area contributed by atoms with Crippen LogP contribution in [0.5, 0.6) is 0 Å². The molecule has 1 aliphatic heterocycles. The zero-order valence-corrected chi connectivity index (χ0v) is 18.3. The molecule has 0 spiro atoms. The number of piperidine rings is 1. The first-order chi connectivity index (χ1) is 12.7. The molecule has 4 N–H and O–H groups in total. The largest absolute Gasteiger partial charge is 0.349 e. The lowest BCUT2D eigenvalue weighted by Gasteiger charge is -2.36. The molecule has 0 aromatic heterocycles. The summed E-state index contributed by atoms with van der Waals surface area (Å²) in [6, 6.07) is 7.56. The van der Waals surface area contributed by atoms with E-state index in [4.69, 9.17) is 5.73 Å². The zero-order chi connectivity index (χ0) is 20.0. The molecule has 7 heteroatoms. The number of nitrogens with two attached hydrogens (primary N) is 1. The summed E-state index contributed by atoms with van der Waals surface area (Å²) in [5, 5.41) is 6.07. The number of carbonyl (C=O) groups excluding carboxylic acids is 2. The number of hydrogen-bond acceptors (Lipinski definition) is 3. The first-order valence-electron chi connectivity index (χ1n) is 9.87. The van der Waals surface area contributed by atoms with Crippen molar-refractivity contribution < 1.29 is 9.59 Å². The summed E-state index contributed by atoms with van der Waals surface area (Å²) >= 11 is 0. The van der Waals surface area contributed by atoms with Gasteiger partial charge in [-0.1, -0.05) is 26.0 Å². The van der Waals surface area contributed by atoms with Gasteiger partial charge >= 0.3 is 6.03 Å². The van der Waals surface area contributed by atoms with E-state index in [1.807, 2.05) is 38.1 Å². The van der Waals surface area contributed by atoms with Crippen LogP contribution in [0.25, 0.3) is 0 Å². The van der Waals surface area contributed by atoms with E-state index in [2.05, 4.69) is 24.5 Å². The van der Waals surface area contributed by atoms with Crippen molar-refractivity contribution in [2.45, 2.75) is 52.5 Å². The van der Waals surface area contributed by atoms with Crippen molar-refractivity contribution in [2.75, 3.05) is 25.0 Å². The Balaban J connectivity index is 0.00000392. The standard InChI is InChI=1S/C21H34N4O2.ClH/c1-15(2)12-21(4,14-22)24-19(26)17-8-6-10-25(13-17)20(27)23-18-9-5-7-16(3)11-18;/h5,7,9,11,15,17H,6,8,10,12-14,22H2,1-4H3,(H,23,27)(H,24,26);1H. The number of halogens is 1. The zero-order valence-electron chi connectivity index (χ0n) is 17.5. The molecule has 1 aliphatic rings. The number of urea groups is 1. The maximum absolute atomic E-state index is 12.8. The van der Waals surface area contributed by atoms with Crippen molar-refractivity contribution in [3.8, 4) is 0 Å². The van der Waals surface area contributed by atoms with Gasteiger partial charge in [-0.05, 0) is 56.7 Å². The van der Waals surface area contributed by atoms with Gasteiger partial charge in [-0.25, -0.2) is 4.79 Å². The molecule has 2 atom stereocenters. The molecule has 0 radical (unpaired) electrons. The number of rotatable bonds is 6. The van der Waals surface area contributed by atoms with Gasteiger partial charge in [0.15, 0.2) is 0 Å². The van der Waals surface area contributed by atoms with Crippen LogP contribution >= 0.6 is 12.4 Å². The average Bonchev–Trinajstić information content (AvgIpc) is 2.61. The Morgan fingerprint density at radius 2 is 2.07 bits per heavy atom. The molecule has 0 saturated carbocycles. The minimum Gasteiger partial charge on any atom is -0.349 e. The number of nitrogens with zero attached hydrogens (tertiary/aromatic N) is 1. The number of carbonyl (C=O) groups is 2. The van der Waals surface area contributed by atoms with Crippen molar-refractivity contribution >= 4 is 30.0 Å². The van der Waals surface area contributed by atoms with Crippen molar-refractivity contribution in [3.63, 3.8) is 0 Å². The van der Waals surface area contributed by atoms with Crippen LogP contribution in [0.3, 0.4) is 0 Å². The quantitative estimate of drug-likeness (QED) is 0.670. The van der Waals surface area contributed by atoms with E-state index in [-0.39, 0.29) is 30.3 Å². The third kappa shape index (κ3) is 6.99. The summed E-state index contributed by atoms with van der Waals surface area (Å²) in [4.78, 5) is 27.1. The molecule has 1 heterocycles. The summed E-state index contributed by atoms with van der Waals surface area (Å²) in [6.45, 7) is 9.74. The molecule has 2 unspecified atom stereocenters. The molecule has 1 fully saturated rings. The van der Waals surface area contributed by atoms with E-state index in [1.54, 1.807) is 4.90 Å². The van der Waals surface area contributed by atoms with Crippen molar-refractivity contribution in [3.05, 3.63) is 29.8 Å². The third-order valence-corrected chi connectivity index (χ3v) is 5.08. The topological polar surface area (TPSA) is 87.5 Å². The van der Waals surface area contributed by atoms with Gasteiger partial charge in [0.2, 0.25) is 5.91 Å². The molecule has 3 amide bonds. The Morgan fingerprint density at radius 1 is 1.36 bits per heavy atom. The molecule has 6 nitrogen and oxygen atoms in total. The van der Waals surface area contributed by atoms with Crippen LogP contribution < -0.4 is 16.4 Å². The van der Waals surface area contributed by atoms with Gasteiger partial charge in [-0.15, -0.1) is 12.4 Å². The molecule has 28 heavy (non-hydrogen) atoms. The number of benzene rings is 1. The predicted molar refractivity (Wildman–Crippen MR) is 117 cm³/mol. The molecule has 1 aromatic carbocycles. The number of amides is 3. The number of hydrogen-bond donors (Lipinski definition) is 3. The lowest BCUT2D eigenvalue weighted by Crippen LogP contribution is -2.56. The maximum Gasteiger partial charge on any atom is 0.321 e. The van der Waals surface area contributed by atoms with E-state index in [1.165, 1.54) is 0 Å². The second-order valence-electron chi connectivity index (χ2n) is 8.44. The normalized spacial score (nSPS) is 18.8. The predicted octanol–water partition coefficient (Wildman–Crippen LogP) is 3.54. The highest BCUT2D eigenvalue weighted by molar-refractivity contribution is 5.90. The van der Waals surface area contributed by atoms with E-state index < -0.39 is 5.54 Å². The van der Waals surface area contributed by atoms with Gasteiger partial charge in [-0.3, -0.25) is 4.79 Å². The highest BCUT2D eigenvalue weighted by Gasteiger charge is 2.33. The summed E-state index contributed by atoms with van der Waals surface area (Å²) in [5.41, 5.74) is 7.38. The Bertz CT molecular complexity index is 668. The molecular weight excluding hydrogens is 376 g/mol. The molecule has 2 rings (SSSR count). The van der Waals surface area contributed by atoms with Crippen LogP contribution in [0.15, 0.2) is 24.3 Å². The Kier molecular flexibility index (Phi) is 9.24. The van der Waals surface area contributed by atoms with Gasteiger partial charge in [0.05, 0.1) is 5.92 Å². The molecular formula is C21H35ClN4O2. The van der Waals surface area contributed by atoms with Crippen LogP contribution in [0, 0.1) is 18.8 Å². The minimum atomic E-state index is -0.405. The van der Waals surface area contributed by atoms with Gasteiger partial charge in [0.25, 0.3) is 0 Å². The minimum absolute atomic E-state index is 0. The van der Waals surface area contributed by atoms with Crippen LogP contribution in [0.2, 0.25) is 0 Å². The van der Waals surface area contributed by atoms with Crippen LogP contribution in [-0.4, -0.2) is 42.0 Å². The monoisotopic (exact) mass is 410 g/mol. The highest BCUT2D eigenvalue weighted by Crippen LogP contribution is 2.21. The average molecular weight is 411 g/mol. The third-order valence-electron chi connectivity index (χ3n) is 5.08. The lowest BCUT2D eigenvalue weighted by atomic mass is 9.89. The molecule has 0 bridgehead atoms. The first-order valence-corrected chi connectivity index (χ1v) is 9.87. The summed E-state index contributed by atoms with van der Waals surface area (Å²) in [5.74, 6) is 0.249. The van der Waals surface area contributed by atoms with Crippen LogP contribution in [-0.2, 0) is 4.79 Å². The van der Waals surface area contributed by atoms with Crippen molar-refractivity contribution in [1.82, 2.24) is 10.2 Å². The van der Waals surface area contributed by atoms with Gasteiger partial charge in [0.1, 0.15) is 0 Å². The molecule has 1 saturated heterocycles. The molecule has 0 aliphatic carbocycles. The van der Waals surface area contributed by atoms with E-state index in [0.717, 1.165) is 30.5 Å². The fourth-order valence-corrected chi connectivity index (χ4v) is 3.79. The highest BCUT2D eigenvalue weighted by atomic mass is 35.5. The summed E-state index contributed by atoms with van der Waals surface area (Å²) in [7, 11) is 0. The first kappa shape index (κ1) is 24.2. The second-order valence-corrected chi connectivity index (χ2v) is 8.44. The van der Waals surface area contributed by atoms with Gasteiger partial charge in [-0.2, -0.15) is 0 Å². The number of aryl methyl sites for hydroxylation is 1. The fraction of sp³-hybridized carbons (Fsp3) is 0.619. The second kappa shape index (κ2) is 10.7. The number of anilines is 1. The Morgan fingerprint density at radius 3 is 2.68 bits per heavy atom. The molecule has 158 valence electrons. The summed E-state index contributed by atoms with van der Waals surface area (Å²) in [6.07, 6.45) is 2.45. The van der Waals surface area contributed by atoms with E-state index in [9.17, 15) is 9.59 Å². The van der Waals surface area contributed by atoms with Crippen LogP contribution in [0.4, 0.5) is 10.5 Å². The maximum atomic E-state index is 12.8. The van der Waals surface area contributed by atoms with Gasteiger partial charge in [0, 0.05) is 30.9 Å². The smallest absolute Gasteiger partial charge is 0.321 e. The fourth-order valence-electron chi connectivity index (χ4n) is 3.79. The van der Waals surface area contributed by atoms with Crippen molar-refractivity contribution in [2.24, 2.45) is 17.6 Å². The Hall–Kier alpha value is -1.79. The lowest BCUT2D eigenvalue weighted by molar-refractivity contribution is -0.128. The Labute approximate surface area is 175 Å².